The fraction of sp³-hybridized carbons (Fsp3) is 0.222. The fourth-order valence-electron chi connectivity index (χ4n) is 2.29. The standard InChI is InChI=1S/C18H18BrN5OS.2ClH/c19-15-2-1-5-21-16(15)12-26-9-8-22-18-23-11-14(17(25)24-18)10-13-3-6-20-7-4-13;;/h1-7,11H,8-10,12H2,(H2,22,23,24,25);2*1H. The van der Waals surface area contributed by atoms with Crippen LogP contribution in [-0.4, -0.2) is 32.2 Å². The van der Waals surface area contributed by atoms with Crippen molar-refractivity contribution in [3.63, 3.8) is 0 Å². The van der Waals surface area contributed by atoms with Gasteiger partial charge in [0.25, 0.3) is 5.56 Å². The quantitative estimate of drug-likeness (QED) is 0.449. The van der Waals surface area contributed by atoms with Crippen molar-refractivity contribution in [1.29, 1.82) is 0 Å². The van der Waals surface area contributed by atoms with Crippen LogP contribution in [0.2, 0.25) is 0 Å². The van der Waals surface area contributed by atoms with Crippen LogP contribution in [0, 0.1) is 0 Å². The third-order valence-corrected chi connectivity index (χ3v) is 5.32. The molecule has 28 heavy (non-hydrogen) atoms. The third-order valence-electron chi connectivity index (χ3n) is 3.63. The van der Waals surface area contributed by atoms with Gasteiger partial charge in [0.1, 0.15) is 0 Å². The first kappa shape index (κ1) is 24.4. The number of nitrogens with one attached hydrogen (secondary N) is 2. The van der Waals surface area contributed by atoms with Crippen LogP contribution >= 0.6 is 52.5 Å². The molecule has 0 saturated carbocycles. The molecule has 0 aliphatic rings. The number of thioether (sulfide) groups is 1. The maximum atomic E-state index is 12.2. The monoisotopic (exact) mass is 503 g/mol. The molecular weight excluding hydrogens is 485 g/mol. The molecule has 3 aromatic heterocycles. The topological polar surface area (TPSA) is 83.6 Å². The van der Waals surface area contributed by atoms with Crippen molar-refractivity contribution >= 4 is 58.5 Å². The van der Waals surface area contributed by atoms with E-state index < -0.39 is 0 Å². The van der Waals surface area contributed by atoms with Gasteiger partial charge in [-0.15, -0.1) is 24.8 Å². The van der Waals surface area contributed by atoms with Crippen molar-refractivity contribution in [2.24, 2.45) is 0 Å². The molecule has 0 atom stereocenters. The number of pyridine rings is 2. The Hall–Kier alpha value is -1.61. The van der Waals surface area contributed by atoms with E-state index in [1.54, 1.807) is 36.5 Å². The number of nitrogens with zero attached hydrogens (tertiary/aromatic N) is 3. The number of halogens is 3. The van der Waals surface area contributed by atoms with E-state index in [9.17, 15) is 4.79 Å². The fourth-order valence-corrected chi connectivity index (χ4v) is 3.69. The Balaban J connectivity index is 0.00000196. The largest absolute Gasteiger partial charge is 0.355 e. The molecule has 0 saturated heterocycles. The second-order valence-corrected chi connectivity index (χ2v) is 7.49. The number of H-pyrrole nitrogens is 1. The molecule has 0 fully saturated rings. The second kappa shape index (κ2) is 12.8. The molecule has 3 heterocycles. The Morgan fingerprint density at radius 1 is 1.11 bits per heavy atom. The van der Waals surface area contributed by atoms with E-state index in [0.717, 1.165) is 27.2 Å². The Kier molecular flexibility index (Phi) is 11.1. The predicted molar refractivity (Wildman–Crippen MR) is 123 cm³/mol. The van der Waals surface area contributed by atoms with Crippen LogP contribution in [0.1, 0.15) is 16.8 Å². The Morgan fingerprint density at radius 3 is 2.61 bits per heavy atom. The minimum Gasteiger partial charge on any atom is -0.355 e. The van der Waals surface area contributed by atoms with Gasteiger partial charge in [-0.05, 0) is 45.8 Å². The summed E-state index contributed by atoms with van der Waals surface area (Å²) in [5, 5.41) is 3.15. The van der Waals surface area contributed by atoms with Gasteiger partial charge in [-0.3, -0.25) is 19.7 Å². The first-order valence-corrected chi connectivity index (χ1v) is 10.1. The molecule has 0 amide bonds. The molecule has 3 rings (SSSR count). The van der Waals surface area contributed by atoms with Crippen molar-refractivity contribution < 1.29 is 0 Å². The summed E-state index contributed by atoms with van der Waals surface area (Å²) in [6.07, 6.45) is 7.39. The first-order chi connectivity index (χ1) is 12.7. The summed E-state index contributed by atoms with van der Waals surface area (Å²) in [5.74, 6) is 2.21. The normalized spacial score (nSPS) is 9.89. The molecule has 0 aliphatic carbocycles. The zero-order chi connectivity index (χ0) is 18.2. The van der Waals surface area contributed by atoms with E-state index in [2.05, 4.69) is 41.2 Å². The molecule has 150 valence electrons. The van der Waals surface area contributed by atoms with Crippen molar-refractivity contribution in [3.05, 3.63) is 80.7 Å². The number of aromatic nitrogens is 4. The molecule has 0 unspecified atom stereocenters. The molecule has 0 radical (unpaired) electrons. The highest BCUT2D eigenvalue weighted by Crippen LogP contribution is 2.18. The summed E-state index contributed by atoms with van der Waals surface area (Å²) >= 11 is 5.26. The molecule has 0 aliphatic heterocycles. The summed E-state index contributed by atoms with van der Waals surface area (Å²) in [4.78, 5) is 27.6. The Bertz CT molecular complexity index is 914. The third kappa shape index (κ3) is 7.43. The summed E-state index contributed by atoms with van der Waals surface area (Å²) in [7, 11) is 0. The van der Waals surface area contributed by atoms with E-state index in [0.29, 0.717) is 24.5 Å². The van der Waals surface area contributed by atoms with Gasteiger partial charge in [0.05, 0.1) is 5.69 Å². The molecule has 0 aromatic carbocycles. The van der Waals surface area contributed by atoms with E-state index in [-0.39, 0.29) is 30.4 Å². The minimum atomic E-state index is -0.121. The SMILES string of the molecule is Cl.Cl.O=c1[nH]c(NCCSCc2ncccc2Br)ncc1Cc1ccncc1. The lowest BCUT2D eigenvalue weighted by Crippen LogP contribution is -2.18. The number of rotatable bonds is 8. The lowest BCUT2D eigenvalue weighted by molar-refractivity contribution is 1.00. The smallest absolute Gasteiger partial charge is 0.255 e. The van der Waals surface area contributed by atoms with E-state index in [1.165, 1.54) is 0 Å². The van der Waals surface area contributed by atoms with Gasteiger partial charge in [-0.2, -0.15) is 11.8 Å². The van der Waals surface area contributed by atoms with Crippen molar-refractivity contribution in [2.75, 3.05) is 17.6 Å². The number of hydrogen-bond acceptors (Lipinski definition) is 6. The number of hydrogen-bond donors (Lipinski definition) is 2. The Labute approximate surface area is 188 Å². The van der Waals surface area contributed by atoms with E-state index in [4.69, 9.17) is 0 Å². The van der Waals surface area contributed by atoms with Crippen molar-refractivity contribution in [1.82, 2.24) is 19.9 Å². The lowest BCUT2D eigenvalue weighted by atomic mass is 10.1. The molecule has 10 heteroatoms. The van der Waals surface area contributed by atoms with Crippen LogP contribution in [0.15, 0.2) is 58.3 Å². The van der Waals surface area contributed by atoms with Crippen LogP contribution < -0.4 is 10.9 Å². The molecule has 2 N–H and O–H groups in total. The minimum absolute atomic E-state index is 0. The maximum absolute atomic E-state index is 12.2. The van der Waals surface area contributed by atoms with Gasteiger partial charge in [-0.1, -0.05) is 0 Å². The number of aromatic amines is 1. The van der Waals surface area contributed by atoms with Crippen LogP contribution in [0.25, 0.3) is 0 Å². The highest BCUT2D eigenvalue weighted by molar-refractivity contribution is 9.10. The lowest BCUT2D eigenvalue weighted by Gasteiger charge is -2.07. The molecule has 6 nitrogen and oxygen atoms in total. The van der Waals surface area contributed by atoms with Gasteiger partial charge in [-0.25, -0.2) is 4.98 Å². The average molecular weight is 505 g/mol. The van der Waals surface area contributed by atoms with Gasteiger partial charge in [0, 0.05) is 59.3 Å². The zero-order valence-corrected chi connectivity index (χ0v) is 18.8. The van der Waals surface area contributed by atoms with Crippen LogP contribution in [-0.2, 0) is 12.2 Å². The zero-order valence-electron chi connectivity index (χ0n) is 14.8. The summed E-state index contributed by atoms with van der Waals surface area (Å²) in [6.45, 7) is 0.710. The van der Waals surface area contributed by atoms with Gasteiger partial charge in [0.15, 0.2) is 0 Å². The maximum Gasteiger partial charge on any atom is 0.255 e. The average Bonchev–Trinajstić information content (AvgIpc) is 2.66. The van der Waals surface area contributed by atoms with Gasteiger partial charge < -0.3 is 5.32 Å². The highest BCUT2D eigenvalue weighted by atomic mass is 79.9. The van der Waals surface area contributed by atoms with Crippen molar-refractivity contribution in [3.8, 4) is 0 Å². The molecule has 0 bridgehead atoms. The highest BCUT2D eigenvalue weighted by Gasteiger charge is 2.04. The first-order valence-electron chi connectivity index (χ1n) is 8.10. The van der Waals surface area contributed by atoms with E-state index in [1.807, 2.05) is 24.3 Å². The van der Waals surface area contributed by atoms with Crippen LogP contribution in [0.5, 0.6) is 0 Å². The Morgan fingerprint density at radius 2 is 1.89 bits per heavy atom. The van der Waals surface area contributed by atoms with E-state index >= 15 is 0 Å². The second-order valence-electron chi connectivity index (χ2n) is 5.53. The predicted octanol–water partition coefficient (Wildman–Crippen LogP) is 4.10. The number of anilines is 1. The summed E-state index contributed by atoms with van der Waals surface area (Å²) < 4.78 is 1.02. The molecule has 0 spiro atoms. The summed E-state index contributed by atoms with van der Waals surface area (Å²) in [6, 6.07) is 7.68. The van der Waals surface area contributed by atoms with Gasteiger partial charge in [0.2, 0.25) is 5.95 Å². The van der Waals surface area contributed by atoms with Crippen LogP contribution in [0.3, 0.4) is 0 Å². The van der Waals surface area contributed by atoms with Crippen molar-refractivity contribution in [2.45, 2.75) is 12.2 Å². The summed E-state index contributed by atoms with van der Waals surface area (Å²) in [5.41, 5.74) is 2.58. The molecule has 3 aromatic rings. The van der Waals surface area contributed by atoms with Gasteiger partial charge >= 0.3 is 0 Å². The molecular formula is C18H20BrCl2N5OS. The van der Waals surface area contributed by atoms with Crippen LogP contribution in [0.4, 0.5) is 5.95 Å².